The van der Waals surface area contributed by atoms with Crippen molar-refractivity contribution in [3.63, 3.8) is 0 Å². The van der Waals surface area contributed by atoms with Gasteiger partial charge in [0, 0.05) is 12.6 Å². The smallest absolute Gasteiger partial charge is 0.332 e. The third-order valence-corrected chi connectivity index (χ3v) is 5.66. The first-order chi connectivity index (χ1) is 23.8. The van der Waals surface area contributed by atoms with Gasteiger partial charge in [-0.25, -0.2) is 4.79 Å². The second kappa shape index (κ2) is 31.5. The molecule has 0 saturated heterocycles. The lowest BCUT2D eigenvalue weighted by molar-refractivity contribution is -0.160. The molecule has 15 heteroatoms. The number of nitrogens with one attached hydrogen (secondary N) is 1. The summed E-state index contributed by atoms with van der Waals surface area (Å²) in [5.41, 5.74) is 0.213. The van der Waals surface area contributed by atoms with Crippen LogP contribution in [0.5, 0.6) is 5.75 Å². The van der Waals surface area contributed by atoms with Crippen LogP contribution in [-0.2, 0) is 61.7 Å². The molecule has 0 atom stereocenters. The lowest BCUT2D eigenvalue weighted by Gasteiger charge is -2.19. The van der Waals surface area contributed by atoms with Crippen molar-refractivity contribution >= 4 is 17.6 Å². The van der Waals surface area contributed by atoms with Gasteiger partial charge in [0.15, 0.2) is 0 Å². The summed E-state index contributed by atoms with van der Waals surface area (Å²) < 4.78 is 65.1. The number of esters is 1. The van der Waals surface area contributed by atoms with Gasteiger partial charge in [-0.1, -0.05) is 0 Å². The summed E-state index contributed by atoms with van der Waals surface area (Å²) in [6, 6.07) is 7.16. The second-order valence-corrected chi connectivity index (χ2v) is 11.2. The van der Waals surface area contributed by atoms with Gasteiger partial charge in [-0.3, -0.25) is 4.79 Å². The fourth-order valence-corrected chi connectivity index (χ4v) is 3.56. The number of anilines is 1. The van der Waals surface area contributed by atoms with Gasteiger partial charge in [-0.15, -0.1) is 0 Å². The van der Waals surface area contributed by atoms with E-state index in [4.69, 9.17) is 56.8 Å². The van der Waals surface area contributed by atoms with Gasteiger partial charge in [0.1, 0.15) is 24.6 Å². The summed E-state index contributed by atoms with van der Waals surface area (Å²) in [7, 11) is 0. The molecule has 284 valence electrons. The predicted octanol–water partition coefficient (Wildman–Crippen LogP) is 2.53. The molecule has 0 saturated carbocycles. The molecule has 0 aromatic heterocycles. The molecular weight excluding hydrogens is 646 g/mol. The van der Waals surface area contributed by atoms with Crippen molar-refractivity contribution in [1.82, 2.24) is 0 Å². The first kappa shape index (κ1) is 44.6. The van der Waals surface area contributed by atoms with Crippen LogP contribution in [0.2, 0.25) is 0 Å². The highest BCUT2D eigenvalue weighted by molar-refractivity contribution is 5.88. The molecule has 49 heavy (non-hydrogen) atoms. The topological polar surface area (TPSA) is 157 Å². The van der Waals surface area contributed by atoms with Gasteiger partial charge in [0.2, 0.25) is 5.91 Å². The van der Waals surface area contributed by atoms with Gasteiger partial charge >= 0.3 is 5.97 Å². The van der Waals surface area contributed by atoms with E-state index in [0.717, 1.165) is 5.69 Å². The van der Waals surface area contributed by atoms with E-state index < -0.39 is 11.6 Å². The maximum absolute atomic E-state index is 11.5. The van der Waals surface area contributed by atoms with Crippen molar-refractivity contribution in [1.29, 1.82) is 0 Å². The van der Waals surface area contributed by atoms with Crippen LogP contribution in [0.3, 0.4) is 0 Å². The summed E-state index contributed by atoms with van der Waals surface area (Å²) in [5.74, 6) is 0.211. The molecule has 0 fully saturated rings. The molecule has 1 aromatic rings. The highest BCUT2D eigenvalue weighted by Gasteiger charge is 2.15. The van der Waals surface area contributed by atoms with E-state index in [1.54, 1.807) is 24.3 Å². The maximum Gasteiger partial charge on any atom is 0.332 e. The van der Waals surface area contributed by atoms with Crippen LogP contribution in [0.15, 0.2) is 24.3 Å². The van der Waals surface area contributed by atoms with E-state index in [9.17, 15) is 9.59 Å². The van der Waals surface area contributed by atoms with E-state index in [-0.39, 0.29) is 12.5 Å². The fourth-order valence-electron chi connectivity index (χ4n) is 3.56. The Hall–Kier alpha value is -2.44. The lowest BCUT2D eigenvalue weighted by atomic mass is 10.2. The van der Waals surface area contributed by atoms with Crippen molar-refractivity contribution in [3.8, 4) is 5.75 Å². The Morgan fingerprint density at radius 3 is 1.10 bits per heavy atom. The van der Waals surface area contributed by atoms with E-state index in [1.165, 1.54) is 6.92 Å². The highest BCUT2D eigenvalue weighted by Crippen LogP contribution is 2.15. The molecule has 0 aliphatic heterocycles. The largest absolute Gasteiger partial charge is 0.491 e. The third kappa shape index (κ3) is 32.5. The summed E-state index contributed by atoms with van der Waals surface area (Å²) in [5, 5.41) is 2.71. The lowest BCUT2D eigenvalue weighted by Crippen LogP contribution is -2.27. The van der Waals surface area contributed by atoms with E-state index in [1.807, 2.05) is 20.8 Å². The van der Waals surface area contributed by atoms with Crippen molar-refractivity contribution < 1.29 is 66.4 Å². The number of ether oxygens (including phenoxy) is 12. The molecule has 0 unspecified atom stereocenters. The first-order valence-corrected chi connectivity index (χ1v) is 16.8. The summed E-state index contributed by atoms with van der Waals surface area (Å²) in [6.45, 7) is 16.0. The summed E-state index contributed by atoms with van der Waals surface area (Å²) in [4.78, 5) is 22.5. The highest BCUT2D eigenvalue weighted by atomic mass is 16.6. The Balaban J connectivity index is 1.68. The quantitative estimate of drug-likeness (QED) is 0.0824. The SMILES string of the molecule is CC(=O)Nc1ccc(OCCOCCOCCOCCOCCOCCOCCOCCOCCOCCOCC(=O)OC(C)(C)C)cc1. The number of rotatable bonds is 34. The minimum Gasteiger partial charge on any atom is -0.491 e. The Bertz CT molecular complexity index is 913. The van der Waals surface area contributed by atoms with E-state index in [2.05, 4.69) is 5.32 Å². The minimum atomic E-state index is -0.515. The average Bonchev–Trinajstić information content (AvgIpc) is 3.05. The molecule has 1 rings (SSSR count). The van der Waals surface area contributed by atoms with Crippen molar-refractivity contribution in [2.75, 3.05) is 144 Å². The zero-order chi connectivity index (χ0) is 35.7. The zero-order valence-electron chi connectivity index (χ0n) is 29.9. The molecular formula is C34H59NO14. The van der Waals surface area contributed by atoms with Gasteiger partial charge in [-0.2, -0.15) is 0 Å². The van der Waals surface area contributed by atoms with Gasteiger partial charge in [0.05, 0.1) is 126 Å². The molecule has 1 N–H and O–H groups in total. The molecule has 0 heterocycles. The van der Waals surface area contributed by atoms with Crippen LogP contribution in [0, 0.1) is 0 Å². The maximum atomic E-state index is 11.5. The monoisotopic (exact) mass is 705 g/mol. The summed E-state index contributed by atoms with van der Waals surface area (Å²) in [6.07, 6.45) is 0. The average molecular weight is 706 g/mol. The molecule has 1 amide bonds. The van der Waals surface area contributed by atoms with Crippen molar-refractivity contribution in [2.24, 2.45) is 0 Å². The molecule has 0 bridgehead atoms. The number of hydrogen-bond donors (Lipinski definition) is 1. The molecule has 0 aliphatic rings. The Labute approximate surface area is 291 Å². The van der Waals surface area contributed by atoms with Crippen LogP contribution in [0.1, 0.15) is 27.7 Å². The van der Waals surface area contributed by atoms with Crippen molar-refractivity contribution in [3.05, 3.63) is 24.3 Å². The number of hydrogen-bond acceptors (Lipinski definition) is 14. The van der Waals surface area contributed by atoms with Crippen LogP contribution in [0.25, 0.3) is 0 Å². The standard InChI is InChI=1S/C34H59NO14/c1-30(36)35-31-5-7-32(8-6-31)48-28-27-46-24-23-44-20-19-42-16-15-40-12-11-38-9-10-39-13-14-41-17-18-43-21-22-45-25-26-47-29-33(37)49-34(2,3)4/h5-8H,9-29H2,1-4H3,(H,35,36). The molecule has 1 aromatic carbocycles. The van der Waals surface area contributed by atoms with Crippen molar-refractivity contribution in [2.45, 2.75) is 33.3 Å². The van der Waals surface area contributed by atoms with Crippen LogP contribution >= 0.6 is 0 Å². The number of carbonyl (C=O) groups is 2. The molecule has 15 nitrogen and oxygen atoms in total. The fraction of sp³-hybridized carbons (Fsp3) is 0.765. The number of benzene rings is 1. The predicted molar refractivity (Wildman–Crippen MR) is 180 cm³/mol. The van der Waals surface area contributed by atoms with Gasteiger partial charge in [-0.05, 0) is 45.0 Å². The van der Waals surface area contributed by atoms with Gasteiger partial charge in [0.25, 0.3) is 0 Å². The molecule has 0 aliphatic carbocycles. The first-order valence-electron chi connectivity index (χ1n) is 16.8. The number of carbonyl (C=O) groups excluding carboxylic acids is 2. The minimum absolute atomic E-state index is 0.0871. The second-order valence-electron chi connectivity index (χ2n) is 11.2. The van der Waals surface area contributed by atoms with Crippen LogP contribution in [0.4, 0.5) is 5.69 Å². The van der Waals surface area contributed by atoms with Gasteiger partial charge < -0.3 is 62.2 Å². The third-order valence-electron chi connectivity index (χ3n) is 5.66. The normalized spacial score (nSPS) is 11.5. The van der Waals surface area contributed by atoms with Crippen LogP contribution < -0.4 is 10.1 Å². The molecule has 0 spiro atoms. The van der Waals surface area contributed by atoms with Crippen LogP contribution in [-0.4, -0.2) is 156 Å². The molecule has 0 radical (unpaired) electrons. The van der Waals surface area contributed by atoms with E-state index in [0.29, 0.717) is 138 Å². The number of amides is 1. The summed E-state index contributed by atoms with van der Waals surface area (Å²) >= 11 is 0. The Kier molecular flexibility index (Phi) is 28.7. The Morgan fingerprint density at radius 1 is 0.490 bits per heavy atom. The zero-order valence-corrected chi connectivity index (χ0v) is 29.9. The Morgan fingerprint density at radius 2 is 0.796 bits per heavy atom. The van der Waals surface area contributed by atoms with E-state index >= 15 is 0 Å².